The summed E-state index contributed by atoms with van der Waals surface area (Å²) >= 11 is 12.5. The predicted octanol–water partition coefficient (Wildman–Crippen LogP) is 6.34. The SMILES string of the molecule is O=C1NC(=S)N(c2cccc(C(F)(F)F)c2)C(=O)/C1=C/c1ccc(Sc2ccc(Cl)cc2)cc1. The van der Waals surface area contributed by atoms with Crippen molar-refractivity contribution in [3.05, 3.63) is 94.5 Å². The zero-order chi connectivity index (χ0) is 24.5. The first-order chi connectivity index (χ1) is 16.1. The van der Waals surface area contributed by atoms with Crippen LogP contribution in [-0.4, -0.2) is 16.9 Å². The van der Waals surface area contributed by atoms with E-state index in [1.807, 2.05) is 24.3 Å². The maximum atomic E-state index is 13.1. The Morgan fingerprint density at radius 2 is 1.56 bits per heavy atom. The molecule has 1 saturated heterocycles. The van der Waals surface area contributed by atoms with Gasteiger partial charge in [-0.3, -0.25) is 19.8 Å². The zero-order valence-electron chi connectivity index (χ0n) is 17.1. The number of nitrogens with one attached hydrogen (secondary N) is 1. The van der Waals surface area contributed by atoms with Crippen LogP contribution in [0.15, 0.2) is 88.2 Å². The van der Waals surface area contributed by atoms with Crippen LogP contribution in [0, 0.1) is 0 Å². The lowest BCUT2D eigenvalue weighted by Gasteiger charge is -2.29. The molecule has 1 fully saturated rings. The van der Waals surface area contributed by atoms with Crippen molar-refractivity contribution in [1.29, 1.82) is 0 Å². The summed E-state index contributed by atoms with van der Waals surface area (Å²) in [5, 5.41) is 2.72. The Hall–Kier alpha value is -3.14. The topological polar surface area (TPSA) is 49.4 Å². The van der Waals surface area contributed by atoms with Crippen molar-refractivity contribution >= 4 is 64.3 Å². The minimum Gasteiger partial charge on any atom is -0.298 e. The van der Waals surface area contributed by atoms with Crippen molar-refractivity contribution in [3.63, 3.8) is 0 Å². The molecule has 34 heavy (non-hydrogen) atoms. The largest absolute Gasteiger partial charge is 0.416 e. The number of rotatable bonds is 4. The second-order valence-corrected chi connectivity index (χ2v) is 9.10. The van der Waals surface area contributed by atoms with E-state index in [4.69, 9.17) is 23.8 Å². The quantitative estimate of drug-likeness (QED) is 0.249. The van der Waals surface area contributed by atoms with Crippen molar-refractivity contribution in [3.8, 4) is 0 Å². The number of carbonyl (C=O) groups excluding carboxylic acids is 2. The first kappa shape index (κ1) is 24.0. The van der Waals surface area contributed by atoms with E-state index in [0.29, 0.717) is 10.6 Å². The molecule has 0 bridgehead atoms. The van der Waals surface area contributed by atoms with Crippen LogP contribution >= 0.6 is 35.6 Å². The second kappa shape index (κ2) is 9.61. The third-order valence-corrected chi connectivity index (χ3v) is 6.33. The summed E-state index contributed by atoms with van der Waals surface area (Å²) in [7, 11) is 0. The molecule has 0 atom stereocenters. The molecule has 3 aromatic carbocycles. The molecule has 4 rings (SSSR count). The summed E-state index contributed by atoms with van der Waals surface area (Å²) in [6.07, 6.45) is -3.22. The van der Waals surface area contributed by atoms with Gasteiger partial charge in [0.25, 0.3) is 11.8 Å². The lowest BCUT2D eigenvalue weighted by Crippen LogP contribution is -2.54. The number of benzene rings is 3. The fraction of sp³-hybridized carbons (Fsp3) is 0.0417. The highest BCUT2D eigenvalue weighted by Gasteiger charge is 2.36. The van der Waals surface area contributed by atoms with Crippen LogP contribution in [0.2, 0.25) is 5.02 Å². The van der Waals surface area contributed by atoms with Gasteiger partial charge in [0.15, 0.2) is 5.11 Å². The number of thiocarbonyl (C=S) groups is 1. The van der Waals surface area contributed by atoms with Crippen LogP contribution < -0.4 is 10.2 Å². The maximum Gasteiger partial charge on any atom is 0.416 e. The predicted molar refractivity (Wildman–Crippen MR) is 130 cm³/mol. The molecule has 0 aromatic heterocycles. The Morgan fingerprint density at radius 3 is 2.18 bits per heavy atom. The van der Waals surface area contributed by atoms with Gasteiger partial charge in [0.1, 0.15) is 5.57 Å². The number of alkyl halides is 3. The van der Waals surface area contributed by atoms with E-state index in [0.717, 1.165) is 26.8 Å². The van der Waals surface area contributed by atoms with Gasteiger partial charge in [-0.05, 0) is 78.5 Å². The summed E-state index contributed by atoms with van der Waals surface area (Å²) in [6.45, 7) is 0. The summed E-state index contributed by atoms with van der Waals surface area (Å²) in [5.41, 5.74) is -0.706. The van der Waals surface area contributed by atoms with Gasteiger partial charge in [0.2, 0.25) is 0 Å². The first-order valence-electron chi connectivity index (χ1n) is 9.74. The van der Waals surface area contributed by atoms with Gasteiger partial charge in [-0.25, -0.2) is 0 Å². The van der Waals surface area contributed by atoms with Crippen LogP contribution in [0.1, 0.15) is 11.1 Å². The average Bonchev–Trinajstić information content (AvgIpc) is 2.79. The molecule has 1 aliphatic heterocycles. The monoisotopic (exact) mass is 518 g/mol. The number of anilines is 1. The van der Waals surface area contributed by atoms with E-state index in [1.165, 1.54) is 30.0 Å². The van der Waals surface area contributed by atoms with Crippen LogP contribution in [-0.2, 0) is 15.8 Å². The number of hydrogen-bond donors (Lipinski definition) is 1. The fourth-order valence-electron chi connectivity index (χ4n) is 3.15. The van der Waals surface area contributed by atoms with E-state index < -0.39 is 23.6 Å². The molecule has 1 N–H and O–H groups in total. The lowest BCUT2D eigenvalue weighted by atomic mass is 10.1. The Morgan fingerprint density at radius 1 is 0.941 bits per heavy atom. The number of halogens is 4. The maximum absolute atomic E-state index is 13.1. The Kier molecular flexibility index (Phi) is 6.79. The van der Waals surface area contributed by atoms with Crippen LogP contribution in [0.3, 0.4) is 0 Å². The highest BCUT2D eigenvalue weighted by Crippen LogP contribution is 2.33. The van der Waals surface area contributed by atoms with Crippen molar-refractivity contribution < 1.29 is 22.8 Å². The lowest BCUT2D eigenvalue weighted by molar-refractivity contribution is -0.137. The average molecular weight is 519 g/mol. The van der Waals surface area contributed by atoms with Gasteiger partial charge in [-0.2, -0.15) is 13.2 Å². The van der Waals surface area contributed by atoms with Crippen molar-refractivity contribution in [2.24, 2.45) is 0 Å². The van der Waals surface area contributed by atoms with E-state index in [1.54, 1.807) is 24.3 Å². The Bertz CT molecular complexity index is 1310. The Labute approximate surface area is 207 Å². The zero-order valence-corrected chi connectivity index (χ0v) is 19.5. The first-order valence-corrected chi connectivity index (χ1v) is 11.3. The molecule has 1 heterocycles. The van der Waals surface area contributed by atoms with Gasteiger partial charge < -0.3 is 0 Å². The van der Waals surface area contributed by atoms with Gasteiger partial charge in [-0.1, -0.05) is 41.6 Å². The summed E-state index contributed by atoms with van der Waals surface area (Å²) in [4.78, 5) is 28.3. The van der Waals surface area contributed by atoms with E-state index in [2.05, 4.69) is 5.32 Å². The summed E-state index contributed by atoms with van der Waals surface area (Å²) < 4.78 is 39.4. The van der Waals surface area contributed by atoms with E-state index in [9.17, 15) is 22.8 Å². The molecule has 0 unspecified atom stereocenters. The standard InChI is InChI=1S/C24H14ClF3N2O2S2/c25-16-6-10-19(11-7-16)34-18-8-4-14(5-9-18)12-20-21(31)29-23(33)30(22(20)32)17-3-1-2-15(13-17)24(26,27)28/h1-13H,(H,29,31,33)/b20-12+. The van der Waals surface area contributed by atoms with Crippen molar-refractivity contribution in [2.45, 2.75) is 16.0 Å². The van der Waals surface area contributed by atoms with E-state index in [-0.39, 0.29) is 16.4 Å². The van der Waals surface area contributed by atoms with Crippen molar-refractivity contribution in [2.75, 3.05) is 4.90 Å². The summed E-state index contributed by atoms with van der Waals surface area (Å²) in [5.74, 6) is -1.54. The minimum absolute atomic E-state index is 0.0922. The molecule has 2 amide bonds. The van der Waals surface area contributed by atoms with Crippen LogP contribution in [0.5, 0.6) is 0 Å². The normalized spacial score (nSPS) is 15.6. The smallest absolute Gasteiger partial charge is 0.298 e. The molecule has 0 aliphatic carbocycles. The molecule has 172 valence electrons. The number of nitrogens with zero attached hydrogens (tertiary/aromatic N) is 1. The molecule has 10 heteroatoms. The highest BCUT2D eigenvalue weighted by molar-refractivity contribution is 7.99. The molecule has 0 radical (unpaired) electrons. The van der Waals surface area contributed by atoms with Crippen LogP contribution in [0.4, 0.5) is 18.9 Å². The Balaban J connectivity index is 1.59. The molecule has 4 nitrogen and oxygen atoms in total. The summed E-state index contributed by atoms with van der Waals surface area (Å²) in [6, 6.07) is 18.6. The number of amides is 2. The molecule has 3 aromatic rings. The molecular weight excluding hydrogens is 505 g/mol. The number of hydrogen-bond acceptors (Lipinski definition) is 4. The van der Waals surface area contributed by atoms with E-state index >= 15 is 0 Å². The van der Waals surface area contributed by atoms with Gasteiger partial charge in [0, 0.05) is 14.8 Å². The van der Waals surface area contributed by atoms with Gasteiger partial charge in [0.05, 0.1) is 11.3 Å². The van der Waals surface area contributed by atoms with Gasteiger partial charge >= 0.3 is 6.18 Å². The third kappa shape index (κ3) is 5.32. The second-order valence-electron chi connectivity index (χ2n) is 7.13. The molecular formula is C24H14ClF3N2O2S2. The third-order valence-electron chi connectivity index (χ3n) is 4.77. The fourth-order valence-corrected chi connectivity index (χ4v) is 4.37. The highest BCUT2D eigenvalue weighted by atomic mass is 35.5. The molecule has 1 aliphatic rings. The van der Waals surface area contributed by atoms with Gasteiger partial charge in [-0.15, -0.1) is 0 Å². The molecule has 0 spiro atoms. The van der Waals surface area contributed by atoms with Crippen LogP contribution in [0.25, 0.3) is 6.08 Å². The molecule has 0 saturated carbocycles. The van der Waals surface area contributed by atoms with Crippen molar-refractivity contribution in [1.82, 2.24) is 5.32 Å². The minimum atomic E-state index is -4.59. The number of carbonyl (C=O) groups is 2.